The zero-order chi connectivity index (χ0) is 8.20. The maximum absolute atomic E-state index is 10.4. The molecule has 1 radical (unpaired) electrons. The number of hydrogen-bond acceptors (Lipinski definition) is 4. The fourth-order valence-electron chi connectivity index (χ4n) is 0.286. The van der Waals surface area contributed by atoms with Crippen molar-refractivity contribution in [3.63, 3.8) is 0 Å². The Morgan fingerprint density at radius 1 is 1.60 bits per heavy atom. The summed E-state index contributed by atoms with van der Waals surface area (Å²) in [5, 5.41) is 0. The molecule has 0 unspecified atom stereocenters. The first-order valence-electron chi connectivity index (χ1n) is 2.48. The highest BCUT2D eigenvalue weighted by Crippen LogP contribution is 1.83. The van der Waals surface area contributed by atoms with Crippen molar-refractivity contribution in [3.8, 4) is 0 Å². The molecule has 10 heavy (non-hydrogen) atoms. The molecule has 1 N–H and O–H groups in total. The van der Waals surface area contributed by atoms with Crippen LogP contribution < -0.4 is 5.73 Å². The molecule has 0 rings (SSSR count). The van der Waals surface area contributed by atoms with Crippen LogP contribution in [0.4, 0.5) is 4.79 Å². The molecule has 1 amide bonds. The SMILES string of the molecule is CS(=O)(=O)CCOC([NH])=O. The lowest BCUT2D eigenvalue weighted by atomic mass is 10.8. The molecule has 0 atom stereocenters. The largest absolute Gasteiger partial charge is 0.447 e. The molecule has 0 spiro atoms. The number of nitrogens with one attached hydrogen (secondary N) is 1. The van der Waals surface area contributed by atoms with E-state index in [-0.39, 0.29) is 12.4 Å². The second kappa shape index (κ2) is 3.40. The minimum absolute atomic E-state index is 0.225. The van der Waals surface area contributed by atoms with Crippen LogP contribution in [0.2, 0.25) is 0 Å². The van der Waals surface area contributed by atoms with Crippen LogP contribution in [0.25, 0.3) is 0 Å². The standard InChI is InChI=1S/C4H8NO4S/c1-10(7,8)3-2-9-4(5)6/h5H,2-3H2,1H3. The molecule has 0 saturated carbocycles. The third-order valence-electron chi connectivity index (χ3n) is 0.687. The molecule has 0 heterocycles. The third kappa shape index (κ3) is 7.22. The quantitative estimate of drug-likeness (QED) is 0.563. The molecule has 0 fully saturated rings. The van der Waals surface area contributed by atoms with E-state index in [9.17, 15) is 13.2 Å². The first-order chi connectivity index (χ1) is 4.42. The van der Waals surface area contributed by atoms with Gasteiger partial charge in [-0.25, -0.2) is 18.9 Å². The highest BCUT2D eigenvalue weighted by Gasteiger charge is 2.02. The Hall–Kier alpha value is -0.780. The zero-order valence-electron chi connectivity index (χ0n) is 5.46. The molecular formula is C4H8NO4S. The molecule has 5 nitrogen and oxygen atoms in total. The molecule has 0 bridgehead atoms. The minimum Gasteiger partial charge on any atom is -0.447 e. The number of amides is 1. The van der Waals surface area contributed by atoms with Crippen LogP contribution in [0.5, 0.6) is 0 Å². The Morgan fingerprint density at radius 2 is 2.10 bits per heavy atom. The fraction of sp³-hybridized carbons (Fsp3) is 0.750. The highest BCUT2D eigenvalue weighted by molar-refractivity contribution is 7.90. The van der Waals surface area contributed by atoms with Gasteiger partial charge < -0.3 is 4.74 Å². The Bertz CT molecular complexity index is 207. The van der Waals surface area contributed by atoms with Gasteiger partial charge in [0.25, 0.3) is 0 Å². The van der Waals surface area contributed by atoms with E-state index >= 15 is 0 Å². The number of carbonyl (C=O) groups is 1. The maximum atomic E-state index is 10.4. The van der Waals surface area contributed by atoms with Gasteiger partial charge in [-0.3, -0.25) is 0 Å². The van der Waals surface area contributed by atoms with E-state index in [2.05, 4.69) is 4.74 Å². The van der Waals surface area contributed by atoms with Gasteiger partial charge in [0, 0.05) is 6.26 Å². The summed E-state index contributed by atoms with van der Waals surface area (Å²) >= 11 is 0. The van der Waals surface area contributed by atoms with Gasteiger partial charge in [-0.1, -0.05) is 0 Å². The van der Waals surface area contributed by atoms with Crippen LogP contribution in [0, 0.1) is 0 Å². The Kier molecular flexibility index (Phi) is 3.14. The maximum Gasteiger partial charge on any atom is 0.426 e. The van der Waals surface area contributed by atoms with Crippen LogP contribution >= 0.6 is 0 Å². The van der Waals surface area contributed by atoms with Crippen molar-refractivity contribution < 1.29 is 17.9 Å². The summed E-state index contributed by atoms with van der Waals surface area (Å²) in [5.41, 5.74) is 6.23. The van der Waals surface area contributed by atoms with E-state index in [4.69, 9.17) is 5.73 Å². The summed E-state index contributed by atoms with van der Waals surface area (Å²) in [6, 6.07) is 0. The monoisotopic (exact) mass is 166 g/mol. The third-order valence-corrected chi connectivity index (χ3v) is 1.60. The molecule has 6 heteroatoms. The van der Waals surface area contributed by atoms with Gasteiger partial charge in [-0.05, 0) is 0 Å². The van der Waals surface area contributed by atoms with Gasteiger partial charge in [-0.2, -0.15) is 0 Å². The Morgan fingerprint density at radius 3 is 2.40 bits per heavy atom. The van der Waals surface area contributed by atoms with Crippen molar-refractivity contribution in [3.05, 3.63) is 0 Å². The lowest BCUT2D eigenvalue weighted by Crippen LogP contribution is -2.13. The van der Waals surface area contributed by atoms with E-state index in [0.717, 1.165) is 6.26 Å². The van der Waals surface area contributed by atoms with Crippen LogP contribution in [-0.4, -0.2) is 33.1 Å². The first kappa shape index (κ1) is 9.22. The molecular weight excluding hydrogens is 158 g/mol. The molecule has 0 aliphatic heterocycles. The first-order valence-corrected chi connectivity index (χ1v) is 4.54. The Labute approximate surface area is 59.1 Å². The number of rotatable bonds is 3. The average Bonchev–Trinajstić information content (AvgIpc) is 1.59. The highest BCUT2D eigenvalue weighted by atomic mass is 32.2. The summed E-state index contributed by atoms with van der Waals surface area (Å²) in [6.45, 7) is -0.235. The second-order valence-electron chi connectivity index (χ2n) is 1.77. The van der Waals surface area contributed by atoms with E-state index in [1.807, 2.05) is 0 Å². The number of ether oxygens (including phenoxy) is 1. The van der Waals surface area contributed by atoms with Crippen molar-refractivity contribution in [1.82, 2.24) is 5.73 Å². The van der Waals surface area contributed by atoms with E-state index in [0.29, 0.717) is 0 Å². The topological polar surface area (TPSA) is 84.2 Å². The van der Waals surface area contributed by atoms with Gasteiger partial charge in [-0.15, -0.1) is 0 Å². The van der Waals surface area contributed by atoms with E-state index < -0.39 is 15.9 Å². The summed E-state index contributed by atoms with van der Waals surface area (Å²) in [7, 11) is -3.08. The molecule has 0 aromatic heterocycles. The molecule has 0 aliphatic carbocycles. The Balaban J connectivity index is 3.49. The van der Waals surface area contributed by atoms with Crippen molar-refractivity contribution in [1.29, 1.82) is 0 Å². The van der Waals surface area contributed by atoms with Crippen molar-refractivity contribution in [2.45, 2.75) is 0 Å². The molecule has 0 aromatic rings. The summed E-state index contributed by atoms with van der Waals surface area (Å²) < 4.78 is 24.8. The lowest BCUT2D eigenvalue weighted by Gasteiger charge is -1.96. The van der Waals surface area contributed by atoms with Gasteiger partial charge in [0.05, 0.1) is 5.75 Å². The number of carbonyl (C=O) groups excluding carboxylic acids is 1. The fourth-order valence-corrected chi connectivity index (χ4v) is 0.672. The van der Waals surface area contributed by atoms with Gasteiger partial charge in [0.15, 0.2) is 9.84 Å². The molecule has 0 aliphatic rings. The van der Waals surface area contributed by atoms with E-state index in [1.54, 1.807) is 0 Å². The smallest absolute Gasteiger partial charge is 0.426 e. The summed E-state index contributed by atoms with van der Waals surface area (Å²) in [6.07, 6.45) is -0.172. The summed E-state index contributed by atoms with van der Waals surface area (Å²) in [4.78, 5) is 9.78. The second-order valence-corrected chi connectivity index (χ2v) is 4.03. The van der Waals surface area contributed by atoms with Crippen molar-refractivity contribution in [2.24, 2.45) is 0 Å². The van der Waals surface area contributed by atoms with Crippen molar-refractivity contribution in [2.75, 3.05) is 18.6 Å². The minimum atomic E-state index is -3.08. The van der Waals surface area contributed by atoms with Gasteiger partial charge in [0.1, 0.15) is 6.61 Å². The predicted molar refractivity (Wildman–Crippen MR) is 34.2 cm³/mol. The zero-order valence-corrected chi connectivity index (χ0v) is 6.27. The van der Waals surface area contributed by atoms with Gasteiger partial charge >= 0.3 is 6.09 Å². The number of hydrogen-bond donors (Lipinski definition) is 0. The number of sulfone groups is 1. The molecule has 0 saturated heterocycles. The van der Waals surface area contributed by atoms with Crippen LogP contribution in [-0.2, 0) is 14.6 Å². The van der Waals surface area contributed by atoms with Crippen LogP contribution in [0.1, 0.15) is 0 Å². The molecule has 59 valence electrons. The lowest BCUT2D eigenvalue weighted by molar-refractivity contribution is 0.162. The predicted octanol–water partition coefficient (Wildman–Crippen LogP) is -0.550. The van der Waals surface area contributed by atoms with Crippen LogP contribution in [0.15, 0.2) is 0 Å². The normalized spacial score (nSPS) is 10.9. The van der Waals surface area contributed by atoms with Crippen molar-refractivity contribution >= 4 is 15.9 Å². The van der Waals surface area contributed by atoms with Gasteiger partial charge in [0.2, 0.25) is 0 Å². The molecule has 0 aromatic carbocycles. The van der Waals surface area contributed by atoms with Crippen LogP contribution in [0.3, 0.4) is 0 Å². The van der Waals surface area contributed by atoms with E-state index in [1.165, 1.54) is 0 Å². The summed E-state index contributed by atoms with van der Waals surface area (Å²) in [5.74, 6) is -0.225. The average molecular weight is 166 g/mol.